The molecular formula is C27H22ClN5O4S2. The van der Waals surface area contributed by atoms with E-state index in [1.807, 2.05) is 0 Å². The van der Waals surface area contributed by atoms with Crippen LogP contribution in [0.1, 0.15) is 44.9 Å². The Labute approximate surface area is 236 Å². The summed E-state index contributed by atoms with van der Waals surface area (Å²) in [6, 6.07) is 12.7. The Hall–Kier alpha value is -3.80. The van der Waals surface area contributed by atoms with Crippen LogP contribution in [0.25, 0.3) is 0 Å². The molecule has 1 aliphatic rings. The molecule has 0 saturated carbocycles. The Balaban J connectivity index is 1.52. The van der Waals surface area contributed by atoms with Crippen LogP contribution in [0.4, 0.5) is 16.4 Å². The van der Waals surface area contributed by atoms with E-state index < -0.39 is 4.92 Å². The first-order valence-corrected chi connectivity index (χ1v) is 14.1. The van der Waals surface area contributed by atoms with Crippen molar-refractivity contribution in [2.45, 2.75) is 42.7 Å². The van der Waals surface area contributed by atoms with Gasteiger partial charge in [-0.05, 0) is 68.5 Å². The van der Waals surface area contributed by atoms with Crippen LogP contribution in [0.15, 0.2) is 68.4 Å². The Kier molecular flexibility index (Phi) is 7.92. The minimum atomic E-state index is -0.479. The number of hydrogen-bond acceptors (Lipinski definition) is 8. The lowest BCUT2D eigenvalue weighted by Gasteiger charge is -2.13. The van der Waals surface area contributed by atoms with Crippen LogP contribution in [0.2, 0.25) is 5.02 Å². The number of non-ortho nitro benzene ring substituents is 1. The molecule has 0 aliphatic heterocycles. The lowest BCUT2D eigenvalue weighted by molar-refractivity contribution is -0.384. The fraction of sp³-hybridized carbons (Fsp3) is 0.185. The van der Waals surface area contributed by atoms with Crippen molar-refractivity contribution in [2.24, 2.45) is 4.99 Å². The molecule has 1 aliphatic carbocycles. The van der Waals surface area contributed by atoms with Crippen LogP contribution in [-0.4, -0.2) is 27.0 Å². The molecule has 2 N–H and O–H groups in total. The number of amides is 1. The van der Waals surface area contributed by atoms with Crippen LogP contribution in [0.5, 0.6) is 0 Å². The lowest BCUT2D eigenvalue weighted by Crippen LogP contribution is -2.14. The van der Waals surface area contributed by atoms with E-state index in [4.69, 9.17) is 11.6 Å². The van der Waals surface area contributed by atoms with Gasteiger partial charge in [0, 0.05) is 56.2 Å². The third-order valence-corrected chi connectivity index (χ3v) is 8.49. The van der Waals surface area contributed by atoms with Gasteiger partial charge in [0.1, 0.15) is 5.00 Å². The third kappa shape index (κ3) is 6.27. The normalized spacial score (nSPS) is 12.9. The molecule has 0 bridgehead atoms. The van der Waals surface area contributed by atoms with E-state index in [2.05, 4.69) is 20.3 Å². The summed E-state index contributed by atoms with van der Waals surface area (Å²) in [5, 5.41) is 15.9. The second kappa shape index (κ2) is 11.5. The lowest BCUT2D eigenvalue weighted by atomic mass is 9.95. The van der Waals surface area contributed by atoms with Gasteiger partial charge in [0.05, 0.1) is 10.5 Å². The van der Waals surface area contributed by atoms with Crippen LogP contribution < -0.4 is 10.9 Å². The topological polar surface area (TPSA) is 130 Å². The summed E-state index contributed by atoms with van der Waals surface area (Å²) in [5.74, 6) is -0.265. The number of carbonyl (C=O) groups excluding carboxylic acids is 1. The van der Waals surface area contributed by atoms with Gasteiger partial charge in [-0.15, -0.1) is 11.3 Å². The molecule has 39 heavy (non-hydrogen) atoms. The van der Waals surface area contributed by atoms with Crippen LogP contribution >= 0.6 is 34.7 Å². The van der Waals surface area contributed by atoms with Gasteiger partial charge in [-0.1, -0.05) is 23.4 Å². The Morgan fingerprint density at radius 1 is 1.21 bits per heavy atom. The first kappa shape index (κ1) is 26.8. The van der Waals surface area contributed by atoms with E-state index in [9.17, 15) is 19.7 Å². The summed E-state index contributed by atoms with van der Waals surface area (Å²) >= 11 is 8.62. The number of nitro groups is 1. The van der Waals surface area contributed by atoms with E-state index in [0.717, 1.165) is 36.1 Å². The van der Waals surface area contributed by atoms with Crippen molar-refractivity contribution < 1.29 is 9.72 Å². The zero-order valence-electron chi connectivity index (χ0n) is 20.7. The summed E-state index contributed by atoms with van der Waals surface area (Å²) in [4.78, 5) is 49.8. The van der Waals surface area contributed by atoms with Crippen molar-refractivity contribution in [2.75, 3.05) is 5.32 Å². The van der Waals surface area contributed by atoms with Crippen LogP contribution in [0, 0.1) is 17.0 Å². The molecule has 1 amide bonds. The summed E-state index contributed by atoms with van der Waals surface area (Å²) < 4.78 is 0. The van der Waals surface area contributed by atoms with Crippen molar-refractivity contribution >= 4 is 63.2 Å². The number of aromatic amines is 1. The highest BCUT2D eigenvalue weighted by molar-refractivity contribution is 7.99. The molecule has 12 heteroatoms. The molecule has 0 saturated heterocycles. The molecule has 2 aromatic heterocycles. The predicted octanol–water partition coefficient (Wildman–Crippen LogP) is 6.73. The van der Waals surface area contributed by atoms with E-state index >= 15 is 0 Å². The average molecular weight is 580 g/mol. The van der Waals surface area contributed by atoms with Crippen LogP contribution in [-0.2, 0) is 12.8 Å². The Bertz CT molecular complexity index is 1660. The molecule has 0 radical (unpaired) electrons. The number of aromatic nitrogens is 2. The van der Waals surface area contributed by atoms with E-state index in [1.165, 1.54) is 47.5 Å². The maximum atomic E-state index is 13.4. The second-order valence-corrected chi connectivity index (χ2v) is 11.4. The maximum absolute atomic E-state index is 13.4. The molecule has 0 unspecified atom stereocenters. The molecule has 198 valence electrons. The summed E-state index contributed by atoms with van der Waals surface area (Å²) in [6.45, 7) is 1.71. The summed E-state index contributed by atoms with van der Waals surface area (Å²) in [6.07, 6.45) is 5.22. The molecule has 4 aromatic rings. The van der Waals surface area contributed by atoms with Gasteiger partial charge >= 0.3 is 0 Å². The molecule has 5 rings (SSSR count). The highest BCUT2D eigenvalue weighted by Crippen LogP contribution is 2.40. The number of hydrogen-bond donors (Lipinski definition) is 2. The molecule has 0 fully saturated rings. The number of fused-ring (bicyclic) bond motifs is 1. The number of halogens is 1. The van der Waals surface area contributed by atoms with Gasteiger partial charge in [-0.25, -0.2) is 9.98 Å². The predicted molar refractivity (Wildman–Crippen MR) is 154 cm³/mol. The molecule has 2 aromatic carbocycles. The van der Waals surface area contributed by atoms with Gasteiger partial charge in [0.15, 0.2) is 5.16 Å². The molecule has 0 atom stereocenters. The Morgan fingerprint density at radius 2 is 1.97 bits per heavy atom. The van der Waals surface area contributed by atoms with E-state index in [1.54, 1.807) is 37.3 Å². The molecule has 9 nitrogen and oxygen atoms in total. The van der Waals surface area contributed by atoms with Crippen molar-refractivity contribution in [1.82, 2.24) is 9.97 Å². The average Bonchev–Trinajstić information content (AvgIpc) is 3.27. The number of carbonyl (C=O) groups is 1. The standard InChI is InChI=1S/C27H22ClN5O4S2/c1-15-12-23(34)32-27(30-15)39-21-11-10-19(33(36)37)13-16(21)14-29-26-24(20-4-2-3-5-22(20)38-26)25(35)31-18-8-6-17(28)7-9-18/h6-14H,2-5H2,1H3,(H,31,35)(H,30,32,34). The monoisotopic (exact) mass is 579 g/mol. The number of nitro benzene ring substituents is 1. The number of H-pyrrole nitrogens is 1. The van der Waals surface area contributed by atoms with Crippen molar-refractivity contribution in [3.8, 4) is 0 Å². The number of rotatable bonds is 7. The number of aliphatic imine (C=N–C) groups is 1. The second-order valence-electron chi connectivity index (χ2n) is 8.88. The molecular weight excluding hydrogens is 558 g/mol. The van der Waals surface area contributed by atoms with E-state index in [0.29, 0.717) is 42.6 Å². The van der Waals surface area contributed by atoms with Gasteiger partial charge in [0.2, 0.25) is 0 Å². The van der Waals surface area contributed by atoms with Gasteiger partial charge in [-0.2, -0.15) is 0 Å². The minimum absolute atomic E-state index is 0.0994. The SMILES string of the molecule is Cc1cc(=O)[nH]c(Sc2ccc([N+](=O)[O-])cc2C=Nc2sc3c(c2C(=O)Nc2ccc(Cl)cc2)CCCC3)n1. The smallest absolute Gasteiger partial charge is 0.270 e. The number of anilines is 1. The first-order chi connectivity index (χ1) is 18.8. The van der Waals surface area contributed by atoms with Crippen molar-refractivity contribution in [3.63, 3.8) is 0 Å². The zero-order valence-corrected chi connectivity index (χ0v) is 23.1. The van der Waals surface area contributed by atoms with Gasteiger partial charge in [-0.3, -0.25) is 19.7 Å². The fourth-order valence-corrected chi connectivity index (χ4v) is 6.55. The number of nitrogens with zero attached hydrogens (tertiary/aromatic N) is 3. The fourth-order valence-electron chi connectivity index (χ4n) is 4.28. The first-order valence-electron chi connectivity index (χ1n) is 12.1. The zero-order chi connectivity index (χ0) is 27.5. The molecule has 0 spiro atoms. The van der Waals surface area contributed by atoms with Crippen molar-refractivity contribution in [1.29, 1.82) is 0 Å². The van der Waals surface area contributed by atoms with Crippen molar-refractivity contribution in [3.05, 3.63) is 101 Å². The Morgan fingerprint density at radius 3 is 2.72 bits per heavy atom. The summed E-state index contributed by atoms with van der Waals surface area (Å²) in [5.41, 5.74) is 2.77. The quantitative estimate of drug-likeness (QED) is 0.108. The van der Waals surface area contributed by atoms with Crippen LogP contribution in [0.3, 0.4) is 0 Å². The van der Waals surface area contributed by atoms with Gasteiger partial charge < -0.3 is 10.3 Å². The van der Waals surface area contributed by atoms with Gasteiger partial charge in [0.25, 0.3) is 17.2 Å². The highest BCUT2D eigenvalue weighted by Gasteiger charge is 2.25. The molecule has 2 heterocycles. The largest absolute Gasteiger partial charge is 0.322 e. The highest BCUT2D eigenvalue weighted by atomic mass is 35.5. The summed E-state index contributed by atoms with van der Waals surface area (Å²) in [7, 11) is 0. The number of thiophene rings is 1. The number of aryl methyl sites for hydroxylation is 2. The minimum Gasteiger partial charge on any atom is -0.322 e. The van der Waals surface area contributed by atoms with E-state index in [-0.39, 0.29) is 17.2 Å². The number of benzene rings is 2. The third-order valence-electron chi connectivity index (χ3n) is 6.06. The number of nitrogens with one attached hydrogen (secondary N) is 2. The maximum Gasteiger partial charge on any atom is 0.270 e.